The fraction of sp³-hybridized carbons (Fsp3) is 0.611. The summed E-state index contributed by atoms with van der Waals surface area (Å²) in [5.41, 5.74) is 8.27. The van der Waals surface area contributed by atoms with Gasteiger partial charge in [0.1, 0.15) is 0 Å². The molecule has 1 saturated heterocycles. The Morgan fingerprint density at radius 1 is 1.23 bits per heavy atom. The summed E-state index contributed by atoms with van der Waals surface area (Å²) in [6.07, 6.45) is 6.40. The van der Waals surface area contributed by atoms with Crippen LogP contribution in [0, 0.1) is 12.8 Å². The number of carbonyl (C=O) groups is 1. The summed E-state index contributed by atoms with van der Waals surface area (Å²) in [5, 5.41) is 0. The number of piperidine rings is 1. The maximum absolute atomic E-state index is 12.2. The molecule has 4 heteroatoms. The van der Waals surface area contributed by atoms with Crippen LogP contribution in [0.3, 0.4) is 0 Å². The number of nitrogens with two attached hydrogens (primary N) is 1. The number of hydrogen-bond donors (Lipinski definition) is 1. The van der Waals surface area contributed by atoms with Gasteiger partial charge in [-0.3, -0.25) is 4.79 Å². The van der Waals surface area contributed by atoms with Crippen LogP contribution in [-0.2, 0) is 11.2 Å². The van der Waals surface area contributed by atoms with Crippen molar-refractivity contribution in [1.82, 2.24) is 4.90 Å². The molecule has 1 heterocycles. The lowest BCUT2D eigenvalue weighted by Crippen LogP contribution is -2.48. The van der Waals surface area contributed by atoms with Crippen molar-refractivity contribution >= 4 is 18.3 Å². The molecule has 122 valence electrons. The molecular formula is C18H27ClN2O. The lowest BCUT2D eigenvalue weighted by molar-refractivity contribution is -0.135. The minimum Gasteiger partial charge on any atom is -0.341 e. The van der Waals surface area contributed by atoms with Gasteiger partial charge < -0.3 is 10.6 Å². The van der Waals surface area contributed by atoms with E-state index in [0.717, 1.165) is 51.1 Å². The summed E-state index contributed by atoms with van der Waals surface area (Å²) in [5.74, 6) is 0.947. The summed E-state index contributed by atoms with van der Waals surface area (Å²) in [4.78, 5) is 14.2. The highest BCUT2D eigenvalue weighted by atomic mass is 35.5. The quantitative estimate of drug-likeness (QED) is 0.926. The zero-order valence-electron chi connectivity index (χ0n) is 13.4. The SMILES string of the molecule is Cc1ccc(CCC2CCN(C(=O)C3(N)CC3)CC2)cc1.Cl. The Bertz CT molecular complexity index is 502. The number of carbonyl (C=O) groups excluding carboxylic acids is 1. The molecule has 1 aliphatic carbocycles. The van der Waals surface area contributed by atoms with E-state index in [4.69, 9.17) is 5.73 Å². The van der Waals surface area contributed by atoms with Gasteiger partial charge in [-0.1, -0.05) is 29.8 Å². The van der Waals surface area contributed by atoms with Crippen molar-refractivity contribution in [1.29, 1.82) is 0 Å². The number of likely N-dealkylation sites (tertiary alicyclic amines) is 1. The molecule has 1 amide bonds. The van der Waals surface area contributed by atoms with Crippen LogP contribution in [0.4, 0.5) is 0 Å². The second-order valence-electron chi connectivity index (χ2n) is 6.92. The van der Waals surface area contributed by atoms with Gasteiger partial charge in [-0.25, -0.2) is 0 Å². The van der Waals surface area contributed by atoms with E-state index in [1.165, 1.54) is 17.5 Å². The maximum Gasteiger partial charge on any atom is 0.242 e. The molecule has 1 aromatic rings. The highest BCUT2D eigenvalue weighted by molar-refractivity contribution is 5.89. The van der Waals surface area contributed by atoms with Gasteiger partial charge in [-0.15, -0.1) is 12.4 Å². The van der Waals surface area contributed by atoms with Crippen molar-refractivity contribution in [2.75, 3.05) is 13.1 Å². The molecule has 0 bridgehead atoms. The molecular weight excluding hydrogens is 296 g/mol. The molecule has 0 aromatic heterocycles. The van der Waals surface area contributed by atoms with Crippen molar-refractivity contribution < 1.29 is 4.79 Å². The van der Waals surface area contributed by atoms with Gasteiger partial charge in [0.15, 0.2) is 0 Å². The first kappa shape index (κ1) is 17.3. The Hall–Kier alpha value is -1.06. The molecule has 22 heavy (non-hydrogen) atoms. The average molecular weight is 323 g/mol. The lowest BCUT2D eigenvalue weighted by atomic mass is 9.90. The number of halogens is 1. The van der Waals surface area contributed by atoms with E-state index in [1.54, 1.807) is 0 Å². The molecule has 2 N–H and O–H groups in total. The molecule has 2 aliphatic rings. The molecule has 1 aromatic carbocycles. The standard InChI is InChI=1S/C18H26N2O.ClH/c1-14-2-4-15(5-3-14)6-7-16-8-12-20(13-9-16)17(21)18(19)10-11-18;/h2-5,16H,6-13,19H2,1H3;1H. The number of amides is 1. The first-order valence-electron chi connectivity index (χ1n) is 8.21. The van der Waals surface area contributed by atoms with E-state index < -0.39 is 5.54 Å². The minimum absolute atomic E-state index is 0. The number of hydrogen-bond acceptors (Lipinski definition) is 2. The lowest BCUT2D eigenvalue weighted by Gasteiger charge is -2.33. The summed E-state index contributed by atoms with van der Waals surface area (Å²) in [6, 6.07) is 8.85. The van der Waals surface area contributed by atoms with Crippen LogP contribution in [-0.4, -0.2) is 29.4 Å². The molecule has 0 unspecified atom stereocenters. The second kappa shape index (κ2) is 7.01. The zero-order valence-corrected chi connectivity index (χ0v) is 14.2. The molecule has 2 fully saturated rings. The van der Waals surface area contributed by atoms with Crippen molar-refractivity contribution in [3.8, 4) is 0 Å². The van der Waals surface area contributed by atoms with E-state index >= 15 is 0 Å². The Balaban J connectivity index is 0.00000176. The Morgan fingerprint density at radius 3 is 2.36 bits per heavy atom. The third kappa shape index (κ3) is 4.02. The predicted molar refractivity (Wildman–Crippen MR) is 92.2 cm³/mol. The number of nitrogens with zero attached hydrogens (tertiary/aromatic N) is 1. The highest BCUT2D eigenvalue weighted by Crippen LogP contribution is 2.35. The number of benzene rings is 1. The van der Waals surface area contributed by atoms with Gasteiger partial charge in [-0.2, -0.15) is 0 Å². The molecule has 1 saturated carbocycles. The van der Waals surface area contributed by atoms with Crippen LogP contribution >= 0.6 is 12.4 Å². The fourth-order valence-corrected chi connectivity index (χ4v) is 3.21. The normalized spacial score (nSPS) is 20.4. The van der Waals surface area contributed by atoms with Gasteiger partial charge in [-0.05, 0) is 56.9 Å². The first-order valence-corrected chi connectivity index (χ1v) is 8.21. The molecule has 0 spiro atoms. The smallest absolute Gasteiger partial charge is 0.242 e. The Morgan fingerprint density at radius 2 is 1.82 bits per heavy atom. The monoisotopic (exact) mass is 322 g/mol. The molecule has 0 radical (unpaired) electrons. The average Bonchev–Trinajstić information content (AvgIpc) is 3.26. The molecule has 0 atom stereocenters. The largest absolute Gasteiger partial charge is 0.341 e. The van der Waals surface area contributed by atoms with E-state index in [9.17, 15) is 4.79 Å². The van der Waals surface area contributed by atoms with Gasteiger partial charge in [0.2, 0.25) is 5.91 Å². The van der Waals surface area contributed by atoms with Gasteiger partial charge in [0.25, 0.3) is 0 Å². The van der Waals surface area contributed by atoms with Crippen molar-refractivity contribution in [2.24, 2.45) is 11.7 Å². The molecule has 3 nitrogen and oxygen atoms in total. The van der Waals surface area contributed by atoms with E-state index in [2.05, 4.69) is 31.2 Å². The van der Waals surface area contributed by atoms with Crippen LogP contribution in [0.15, 0.2) is 24.3 Å². The minimum atomic E-state index is -0.491. The Labute approximate surface area is 139 Å². The summed E-state index contributed by atoms with van der Waals surface area (Å²) in [7, 11) is 0. The van der Waals surface area contributed by atoms with Crippen LogP contribution < -0.4 is 5.73 Å². The van der Waals surface area contributed by atoms with Crippen molar-refractivity contribution in [3.63, 3.8) is 0 Å². The van der Waals surface area contributed by atoms with Crippen LogP contribution in [0.25, 0.3) is 0 Å². The zero-order chi connectivity index (χ0) is 14.9. The van der Waals surface area contributed by atoms with Crippen molar-refractivity contribution in [3.05, 3.63) is 35.4 Å². The summed E-state index contributed by atoms with van der Waals surface area (Å²) < 4.78 is 0. The summed E-state index contributed by atoms with van der Waals surface area (Å²) in [6.45, 7) is 3.92. The fourth-order valence-electron chi connectivity index (χ4n) is 3.21. The molecule has 1 aliphatic heterocycles. The van der Waals surface area contributed by atoms with Crippen LogP contribution in [0.5, 0.6) is 0 Å². The van der Waals surface area contributed by atoms with Crippen LogP contribution in [0.2, 0.25) is 0 Å². The topological polar surface area (TPSA) is 46.3 Å². The third-order valence-electron chi connectivity index (χ3n) is 5.08. The molecule has 3 rings (SSSR count). The van der Waals surface area contributed by atoms with E-state index in [0.29, 0.717) is 0 Å². The number of rotatable bonds is 4. The van der Waals surface area contributed by atoms with Crippen molar-refractivity contribution in [2.45, 2.75) is 51.0 Å². The summed E-state index contributed by atoms with van der Waals surface area (Å²) >= 11 is 0. The van der Waals surface area contributed by atoms with E-state index in [1.807, 2.05) is 4.90 Å². The third-order valence-corrected chi connectivity index (χ3v) is 5.08. The maximum atomic E-state index is 12.2. The van der Waals surface area contributed by atoms with Gasteiger partial charge >= 0.3 is 0 Å². The first-order chi connectivity index (χ1) is 10.1. The highest BCUT2D eigenvalue weighted by Gasteiger charge is 2.48. The van der Waals surface area contributed by atoms with Crippen LogP contribution in [0.1, 0.15) is 43.2 Å². The Kier molecular flexibility index (Phi) is 5.51. The van der Waals surface area contributed by atoms with E-state index in [-0.39, 0.29) is 18.3 Å². The second-order valence-corrected chi connectivity index (χ2v) is 6.92. The number of aryl methyl sites for hydroxylation is 2. The van der Waals surface area contributed by atoms with Gasteiger partial charge in [0, 0.05) is 13.1 Å². The predicted octanol–water partition coefficient (Wildman–Crippen LogP) is 3.08. The van der Waals surface area contributed by atoms with Gasteiger partial charge in [0.05, 0.1) is 5.54 Å².